The van der Waals surface area contributed by atoms with Crippen molar-refractivity contribution >= 4 is 28.3 Å². The molecule has 0 saturated carbocycles. The number of piperidine rings is 1. The van der Waals surface area contributed by atoms with Crippen LogP contribution in [0.1, 0.15) is 32.1 Å². The van der Waals surface area contributed by atoms with Gasteiger partial charge in [-0.1, -0.05) is 0 Å². The number of methoxy groups -OCH3 is 3. The predicted molar refractivity (Wildman–Crippen MR) is 123 cm³/mol. The number of anilines is 1. The molecular formula is C24H30N4O5. The Morgan fingerprint density at radius 3 is 2.42 bits per heavy atom. The third-order valence-corrected chi connectivity index (χ3v) is 6.47. The number of ether oxygens (including phenoxy) is 3. The van der Waals surface area contributed by atoms with E-state index >= 15 is 0 Å². The molecule has 0 atom stereocenters. The summed E-state index contributed by atoms with van der Waals surface area (Å²) in [6.07, 6.45) is 5.24. The third-order valence-electron chi connectivity index (χ3n) is 6.47. The molecule has 9 heteroatoms. The summed E-state index contributed by atoms with van der Waals surface area (Å²) in [7, 11) is 4.77. The van der Waals surface area contributed by atoms with Crippen LogP contribution < -0.4 is 19.7 Å². The van der Waals surface area contributed by atoms with Crippen LogP contribution in [0.3, 0.4) is 0 Å². The van der Waals surface area contributed by atoms with Crippen LogP contribution in [0.4, 0.5) is 5.82 Å². The van der Waals surface area contributed by atoms with E-state index in [1.165, 1.54) is 7.11 Å². The van der Waals surface area contributed by atoms with E-state index in [2.05, 4.69) is 20.2 Å². The van der Waals surface area contributed by atoms with Crippen LogP contribution in [0.5, 0.6) is 11.5 Å². The lowest BCUT2D eigenvalue weighted by Gasteiger charge is -2.33. The first-order valence-corrected chi connectivity index (χ1v) is 11.3. The van der Waals surface area contributed by atoms with Gasteiger partial charge in [0.05, 0.1) is 26.8 Å². The summed E-state index contributed by atoms with van der Waals surface area (Å²) in [4.78, 5) is 35.2. The number of nitrogens with one attached hydrogen (secondary N) is 1. The zero-order valence-electron chi connectivity index (χ0n) is 19.3. The Bertz CT molecular complexity index is 1080. The normalized spacial score (nSPS) is 17.5. The van der Waals surface area contributed by atoms with Gasteiger partial charge in [0.25, 0.3) is 0 Å². The van der Waals surface area contributed by atoms with E-state index in [-0.39, 0.29) is 12.2 Å². The van der Waals surface area contributed by atoms with Gasteiger partial charge in [-0.05, 0) is 31.2 Å². The number of rotatable bonds is 8. The highest BCUT2D eigenvalue weighted by atomic mass is 16.5. The number of allylic oxidation sites excluding steroid dienone is 2. The highest BCUT2D eigenvalue weighted by Gasteiger charge is 2.29. The lowest BCUT2D eigenvalue weighted by molar-refractivity contribution is -0.135. The minimum absolute atomic E-state index is 0.224. The summed E-state index contributed by atoms with van der Waals surface area (Å²) in [5, 5.41) is 4.10. The first-order valence-electron chi connectivity index (χ1n) is 11.3. The second-order valence-electron chi connectivity index (χ2n) is 8.32. The Hall–Kier alpha value is -3.36. The molecule has 2 aromatic rings. The summed E-state index contributed by atoms with van der Waals surface area (Å²) < 4.78 is 16.2. The van der Waals surface area contributed by atoms with Crippen molar-refractivity contribution in [2.24, 2.45) is 5.92 Å². The molecule has 1 aliphatic heterocycles. The van der Waals surface area contributed by atoms with Crippen LogP contribution in [-0.2, 0) is 14.3 Å². The molecule has 9 nitrogen and oxygen atoms in total. The van der Waals surface area contributed by atoms with Crippen LogP contribution >= 0.6 is 0 Å². The number of nitrogens with zero attached hydrogens (tertiary/aromatic N) is 3. The smallest absolute Gasteiger partial charge is 0.247 e. The summed E-state index contributed by atoms with van der Waals surface area (Å²) >= 11 is 0. The fourth-order valence-corrected chi connectivity index (χ4v) is 4.57. The van der Waals surface area contributed by atoms with Crippen molar-refractivity contribution in [3.05, 3.63) is 29.9 Å². The highest BCUT2D eigenvalue weighted by Crippen LogP contribution is 2.36. The molecule has 1 saturated heterocycles. The summed E-state index contributed by atoms with van der Waals surface area (Å²) in [5.74, 6) is 2.50. The molecule has 1 aromatic carbocycles. The van der Waals surface area contributed by atoms with Gasteiger partial charge in [0, 0.05) is 43.9 Å². The van der Waals surface area contributed by atoms with Crippen LogP contribution in [0.15, 0.2) is 29.9 Å². The van der Waals surface area contributed by atoms with E-state index in [4.69, 9.17) is 14.2 Å². The molecule has 0 spiro atoms. The van der Waals surface area contributed by atoms with Crippen molar-refractivity contribution in [3.63, 3.8) is 0 Å². The number of aromatic nitrogens is 2. The molecule has 2 heterocycles. The first-order chi connectivity index (χ1) is 16.0. The minimum atomic E-state index is -0.462. The molecular weight excluding hydrogens is 424 g/mol. The van der Waals surface area contributed by atoms with Gasteiger partial charge in [-0.25, -0.2) is 9.97 Å². The Balaban J connectivity index is 1.37. The Morgan fingerprint density at radius 1 is 1.00 bits per heavy atom. The molecule has 0 amide bonds. The Morgan fingerprint density at radius 2 is 1.73 bits per heavy atom. The maximum Gasteiger partial charge on any atom is 0.247 e. The minimum Gasteiger partial charge on any atom is -0.499 e. The number of ketones is 2. The van der Waals surface area contributed by atoms with E-state index < -0.39 is 5.78 Å². The van der Waals surface area contributed by atoms with E-state index in [0.29, 0.717) is 41.8 Å². The monoisotopic (exact) mass is 454 g/mol. The van der Waals surface area contributed by atoms with Crippen molar-refractivity contribution in [2.45, 2.75) is 32.1 Å². The zero-order valence-corrected chi connectivity index (χ0v) is 19.3. The van der Waals surface area contributed by atoms with Crippen molar-refractivity contribution in [1.29, 1.82) is 0 Å². The van der Waals surface area contributed by atoms with Crippen LogP contribution in [0.25, 0.3) is 10.9 Å². The molecule has 0 radical (unpaired) electrons. The zero-order chi connectivity index (χ0) is 23.4. The van der Waals surface area contributed by atoms with Gasteiger partial charge in [0.1, 0.15) is 23.6 Å². The van der Waals surface area contributed by atoms with Gasteiger partial charge < -0.3 is 24.4 Å². The van der Waals surface area contributed by atoms with Gasteiger partial charge in [-0.2, -0.15) is 0 Å². The summed E-state index contributed by atoms with van der Waals surface area (Å²) in [5.41, 5.74) is 1.15. The van der Waals surface area contributed by atoms with Crippen LogP contribution in [0, 0.1) is 5.92 Å². The van der Waals surface area contributed by atoms with Crippen molar-refractivity contribution in [3.8, 4) is 11.5 Å². The van der Waals surface area contributed by atoms with Gasteiger partial charge in [-0.3, -0.25) is 9.59 Å². The second-order valence-corrected chi connectivity index (χ2v) is 8.32. The van der Waals surface area contributed by atoms with Crippen molar-refractivity contribution < 1.29 is 23.8 Å². The fourth-order valence-electron chi connectivity index (χ4n) is 4.57. The maximum absolute atomic E-state index is 12.2. The Kier molecular flexibility index (Phi) is 6.96. The largest absolute Gasteiger partial charge is 0.499 e. The fraction of sp³-hybridized carbons (Fsp3) is 0.500. The molecule has 0 bridgehead atoms. The number of hydrogen-bond acceptors (Lipinski definition) is 9. The van der Waals surface area contributed by atoms with Crippen molar-refractivity contribution in [1.82, 2.24) is 15.3 Å². The molecule has 1 fully saturated rings. The SMILES string of the molecule is COC1=C(NCCC2CCN(c3ncnc4cc(OC)c(OC)cc34)CC2)C(=O)C(=O)CC1. The maximum atomic E-state index is 12.2. The molecule has 4 rings (SSSR count). The van der Waals surface area contributed by atoms with Gasteiger partial charge in [0.2, 0.25) is 11.6 Å². The number of benzene rings is 1. The average Bonchev–Trinajstić information content (AvgIpc) is 2.85. The lowest BCUT2D eigenvalue weighted by atomic mass is 9.93. The molecule has 1 aromatic heterocycles. The highest BCUT2D eigenvalue weighted by molar-refractivity contribution is 6.44. The van der Waals surface area contributed by atoms with E-state index in [1.807, 2.05) is 12.1 Å². The van der Waals surface area contributed by atoms with Crippen LogP contribution in [0.2, 0.25) is 0 Å². The van der Waals surface area contributed by atoms with Gasteiger partial charge in [0.15, 0.2) is 11.5 Å². The van der Waals surface area contributed by atoms with Crippen LogP contribution in [-0.4, -0.2) is 62.5 Å². The lowest BCUT2D eigenvalue weighted by Crippen LogP contribution is -2.36. The predicted octanol–water partition coefficient (Wildman–Crippen LogP) is 2.63. The molecule has 2 aliphatic rings. The second kappa shape index (κ2) is 10.1. The van der Waals surface area contributed by atoms with E-state index in [1.54, 1.807) is 20.5 Å². The van der Waals surface area contributed by atoms with Gasteiger partial charge in [-0.15, -0.1) is 0 Å². The van der Waals surface area contributed by atoms with Gasteiger partial charge >= 0.3 is 0 Å². The first kappa shape index (κ1) is 22.8. The Labute approximate surface area is 193 Å². The summed E-state index contributed by atoms with van der Waals surface area (Å²) in [6.45, 7) is 2.41. The van der Waals surface area contributed by atoms with Crippen molar-refractivity contribution in [2.75, 3.05) is 45.9 Å². The average molecular weight is 455 g/mol. The van der Waals surface area contributed by atoms with E-state index in [0.717, 1.165) is 49.1 Å². The topological polar surface area (TPSA) is 103 Å². The quantitative estimate of drug-likeness (QED) is 0.603. The number of fused-ring (bicyclic) bond motifs is 1. The van der Waals surface area contributed by atoms with E-state index in [9.17, 15) is 9.59 Å². The number of carbonyl (C=O) groups excluding carboxylic acids is 2. The molecule has 0 unspecified atom stereocenters. The number of Topliss-reactive ketones (excluding diaryl/α,β-unsaturated/α-hetero) is 2. The molecule has 1 N–H and O–H groups in total. The molecule has 33 heavy (non-hydrogen) atoms. The standard InChI is InChI=1S/C24H30N4O5/c1-31-19-5-4-18(29)23(30)22(19)25-9-6-15-7-10-28(11-8-15)24-16-12-20(32-2)21(33-3)13-17(16)26-14-27-24/h12-15,25H,4-11H2,1-3H3. The number of carbonyl (C=O) groups is 2. The molecule has 176 valence electrons. The number of hydrogen-bond donors (Lipinski definition) is 1. The third kappa shape index (κ3) is 4.72. The summed E-state index contributed by atoms with van der Waals surface area (Å²) in [6, 6.07) is 3.81. The molecule has 1 aliphatic carbocycles.